The molecule has 0 saturated carbocycles. The maximum Gasteiger partial charge on any atom is 0.490 e. The standard InChI is InChI=1S/C20H25FN4O.C2HF3O2/c1-24(14-16-5-3-2-4-6-16)18-11-20(26-15-18)7-9-25(10-8-20)19-22-12-17(21)13-23-19;3-2(4,5)1(6)7/h2-6,12-13,18H,7-11,14-15H2,1H3;(H,6,7). The number of benzene rings is 1. The van der Waals surface area contributed by atoms with Gasteiger partial charge in [0.15, 0.2) is 5.82 Å². The lowest BCUT2D eigenvalue weighted by atomic mass is 9.87. The van der Waals surface area contributed by atoms with E-state index in [0.717, 1.165) is 45.5 Å². The third kappa shape index (κ3) is 6.84. The predicted octanol–water partition coefficient (Wildman–Crippen LogP) is 3.51. The van der Waals surface area contributed by atoms with Crippen LogP contribution in [0.1, 0.15) is 24.8 Å². The second-order valence-corrected chi connectivity index (χ2v) is 8.24. The fraction of sp³-hybridized carbons (Fsp3) is 0.500. The van der Waals surface area contributed by atoms with Gasteiger partial charge in [0.2, 0.25) is 5.95 Å². The number of carbonyl (C=O) groups is 1. The normalized spacial score (nSPS) is 19.9. The molecule has 4 rings (SSSR count). The molecule has 7 nitrogen and oxygen atoms in total. The first-order chi connectivity index (χ1) is 15.6. The van der Waals surface area contributed by atoms with Gasteiger partial charge in [-0.3, -0.25) is 4.90 Å². The second kappa shape index (κ2) is 10.4. The van der Waals surface area contributed by atoms with Crippen LogP contribution in [0.3, 0.4) is 0 Å². The second-order valence-electron chi connectivity index (χ2n) is 8.24. The van der Waals surface area contributed by atoms with Crippen LogP contribution in [0.4, 0.5) is 23.5 Å². The van der Waals surface area contributed by atoms with Gasteiger partial charge in [0, 0.05) is 25.7 Å². The van der Waals surface area contributed by atoms with E-state index in [1.54, 1.807) is 0 Å². The van der Waals surface area contributed by atoms with Crippen LogP contribution < -0.4 is 4.90 Å². The molecule has 0 bridgehead atoms. The highest BCUT2D eigenvalue weighted by Crippen LogP contribution is 2.38. The first-order valence-corrected chi connectivity index (χ1v) is 10.5. The molecule has 0 aliphatic carbocycles. The zero-order valence-corrected chi connectivity index (χ0v) is 18.1. The number of halogens is 4. The molecule has 2 saturated heterocycles. The molecule has 2 aliphatic rings. The van der Waals surface area contributed by atoms with Gasteiger partial charge in [-0.1, -0.05) is 30.3 Å². The third-order valence-electron chi connectivity index (χ3n) is 5.89. The molecule has 11 heteroatoms. The molecule has 0 radical (unpaired) electrons. The van der Waals surface area contributed by atoms with E-state index in [4.69, 9.17) is 14.6 Å². The number of ether oxygens (including phenoxy) is 1. The van der Waals surface area contributed by atoms with Crippen LogP contribution in [-0.2, 0) is 16.1 Å². The number of piperidine rings is 1. The summed E-state index contributed by atoms with van der Waals surface area (Å²) >= 11 is 0. The van der Waals surface area contributed by atoms with Crippen molar-refractivity contribution < 1.29 is 32.2 Å². The Kier molecular flexibility index (Phi) is 7.85. The van der Waals surface area contributed by atoms with Crippen molar-refractivity contribution in [2.45, 2.75) is 43.6 Å². The first kappa shape index (κ1) is 24.8. The van der Waals surface area contributed by atoms with E-state index in [9.17, 15) is 17.6 Å². The summed E-state index contributed by atoms with van der Waals surface area (Å²) in [5, 5.41) is 7.12. The highest BCUT2D eigenvalue weighted by atomic mass is 19.4. The van der Waals surface area contributed by atoms with Gasteiger partial charge in [0.05, 0.1) is 24.6 Å². The maximum atomic E-state index is 13.0. The lowest BCUT2D eigenvalue weighted by Gasteiger charge is -2.38. The Morgan fingerprint density at radius 3 is 2.33 bits per heavy atom. The van der Waals surface area contributed by atoms with E-state index >= 15 is 0 Å². The average Bonchev–Trinajstić information content (AvgIpc) is 3.19. The SMILES string of the molecule is CN(Cc1ccccc1)C1COC2(CCN(c3ncc(F)cn3)CC2)C1.O=C(O)C(F)(F)F. The van der Waals surface area contributed by atoms with Crippen LogP contribution in [-0.4, -0.2) is 70.5 Å². The molecule has 1 unspecified atom stereocenters. The summed E-state index contributed by atoms with van der Waals surface area (Å²) in [6.45, 7) is 3.43. The maximum absolute atomic E-state index is 13.0. The molecule has 1 aromatic carbocycles. The summed E-state index contributed by atoms with van der Waals surface area (Å²) in [5.74, 6) is -2.55. The van der Waals surface area contributed by atoms with Crippen molar-refractivity contribution in [1.29, 1.82) is 0 Å². The number of carboxylic acids is 1. The van der Waals surface area contributed by atoms with Gasteiger partial charge in [0.25, 0.3) is 0 Å². The number of carboxylic acid groups (broad SMARTS) is 1. The Bertz CT molecular complexity index is 904. The number of aliphatic carboxylic acids is 1. The lowest BCUT2D eigenvalue weighted by Crippen LogP contribution is -2.45. The fourth-order valence-corrected chi connectivity index (χ4v) is 4.04. The summed E-state index contributed by atoms with van der Waals surface area (Å²) in [6.07, 6.45) is 0.363. The number of nitrogens with zero attached hydrogens (tertiary/aromatic N) is 4. The van der Waals surface area contributed by atoms with Crippen molar-refractivity contribution in [2.75, 3.05) is 31.6 Å². The summed E-state index contributed by atoms with van der Waals surface area (Å²) < 4.78 is 51.0. The van der Waals surface area contributed by atoms with Gasteiger partial charge in [-0.25, -0.2) is 19.2 Å². The molecular formula is C22H26F4N4O3. The summed E-state index contributed by atoms with van der Waals surface area (Å²) in [6, 6.07) is 11.0. The minimum Gasteiger partial charge on any atom is -0.475 e. The van der Waals surface area contributed by atoms with E-state index in [0.29, 0.717) is 12.0 Å². The number of aromatic nitrogens is 2. The van der Waals surface area contributed by atoms with Crippen molar-refractivity contribution in [3.8, 4) is 0 Å². The van der Waals surface area contributed by atoms with Crippen LogP contribution in [0.5, 0.6) is 0 Å². The Morgan fingerprint density at radius 2 is 1.79 bits per heavy atom. The van der Waals surface area contributed by atoms with Crippen LogP contribution >= 0.6 is 0 Å². The summed E-state index contributed by atoms with van der Waals surface area (Å²) in [5.41, 5.74) is 1.30. The van der Waals surface area contributed by atoms with Crippen molar-refractivity contribution in [2.24, 2.45) is 0 Å². The third-order valence-corrected chi connectivity index (χ3v) is 5.89. The van der Waals surface area contributed by atoms with Gasteiger partial charge in [-0.2, -0.15) is 13.2 Å². The molecule has 1 spiro atoms. The zero-order chi connectivity index (χ0) is 24.1. The van der Waals surface area contributed by atoms with E-state index in [1.165, 1.54) is 18.0 Å². The number of likely N-dealkylation sites (N-methyl/N-ethyl adjacent to an activating group) is 1. The van der Waals surface area contributed by atoms with Gasteiger partial charge in [-0.05, 0) is 31.9 Å². The molecule has 33 heavy (non-hydrogen) atoms. The van der Waals surface area contributed by atoms with Crippen LogP contribution in [0, 0.1) is 5.82 Å². The van der Waals surface area contributed by atoms with Gasteiger partial charge < -0.3 is 14.7 Å². The highest BCUT2D eigenvalue weighted by Gasteiger charge is 2.44. The van der Waals surface area contributed by atoms with Gasteiger partial charge in [-0.15, -0.1) is 0 Å². The molecule has 3 heterocycles. The van der Waals surface area contributed by atoms with Crippen LogP contribution in [0.25, 0.3) is 0 Å². The minimum atomic E-state index is -5.08. The number of rotatable bonds is 4. The largest absolute Gasteiger partial charge is 0.490 e. The van der Waals surface area contributed by atoms with Gasteiger partial charge in [0.1, 0.15) is 0 Å². The molecule has 1 aromatic heterocycles. The van der Waals surface area contributed by atoms with Gasteiger partial charge >= 0.3 is 12.1 Å². The molecule has 1 atom stereocenters. The number of alkyl halides is 3. The van der Waals surface area contributed by atoms with E-state index in [2.05, 4.69) is 57.1 Å². The smallest absolute Gasteiger partial charge is 0.475 e. The molecule has 180 valence electrons. The van der Waals surface area contributed by atoms with E-state index < -0.39 is 18.0 Å². The first-order valence-electron chi connectivity index (χ1n) is 10.5. The van der Waals surface area contributed by atoms with Crippen molar-refractivity contribution >= 4 is 11.9 Å². The topological polar surface area (TPSA) is 78.8 Å². The van der Waals surface area contributed by atoms with Crippen molar-refractivity contribution in [1.82, 2.24) is 14.9 Å². The van der Waals surface area contributed by atoms with Crippen molar-refractivity contribution in [3.05, 3.63) is 54.1 Å². The van der Waals surface area contributed by atoms with Crippen LogP contribution in [0.2, 0.25) is 0 Å². The Morgan fingerprint density at radius 1 is 1.21 bits per heavy atom. The number of hydrogen-bond donors (Lipinski definition) is 1. The minimum absolute atomic E-state index is 0.0356. The van der Waals surface area contributed by atoms with Crippen LogP contribution in [0.15, 0.2) is 42.7 Å². The monoisotopic (exact) mass is 470 g/mol. The summed E-state index contributed by atoms with van der Waals surface area (Å²) in [4.78, 5) is 21.6. The van der Waals surface area contributed by atoms with E-state index in [-0.39, 0.29) is 5.60 Å². The van der Waals surface area contributed by atoms with E-state index in [1.807, 2.05) is 0 Å². The molecule has 0 amide bonds. The molecule has 2 aromatic rings. The molecule has 2 aliphatic heterocycles. The highest BCUT2D eigenvalue weighted by molar-refractivity contribution is 5.73. The lowest BCUT2D eigenvalue weighted by molar-refractivity contribution is -0.192. The Balaban J connectivity index is 0.000000383. The Hall–Kier alpha value is -2.79. The predicted molar refractivity (Wildman–Crippen MR) is 112 cm³/mol. The quantitative estimate of drug-likeness (QED) is 0.686. The van der Waals surface area contributed by atoms with Crippen molar-refractivity contribution in [3.63, 3.8) is 0 Å². The average molecular weight is 470 g/mol. The number of anilines is 1. The summed E-state index contributed by atoms with van der Waals surface area (Å²) in [7, 11) is 2.18. The molecule has 1 N–H and O–H groups in total. The molecule has 2 fully saturated rings. The fourth-order valence-electron chi connectivity index (χ4n) is 4.04. The molecular weight excluding hydrogens is 444 g/mol. The number of hydrogen-bond acceptors (Lipinski definition) is 6. The zero-order valence-electron chi connectivity index (χ0n) is 18.1. The Labute approximate surface area is 189 Å².